The number of aryl methyl sites for hydroxylation is 1. The molecule has 3 rings (SSSR count). The quantitative estimate of drug-likeness (QED) is 0.899. The van der Waals surface area contributed by atoms with Gasteiger partial charge in [-0.2, -0.15) is 0 Å². The summed E-state index contributed by atoms with van der Waals surface area (Å²) in [7, 11) is 0. The summed E-state index contributed by atoms with van der Waals surface area (Å²) >= 11 is 0. The van der Waals surface area contributed by atoms with Gasteiger partial charge in [0.2, 0.25) is 5.76 Å². The summed E-state index contributed by atoms with van der Waals surface area (Å²) in [5, 5.41) is 7.38. The Labute approximate surface area is 148 Å². The van der Waals surface area contributed by atoms with Gasteiger partial charge in [-0.3, -0.25) is 4.79 Å². The number of nitrogens with one attached hydrogen (secondary N) is 1. The number of hydrogen-bond donors (Lipinski definition) is 1. The molecule has 2 aromatic rings. The van der Waals surface area contributed by atoms with E-state index < -0.39 is 0 Å². The van der Waals surface area contributed by atoms with E-state index in [1.54, 1.807) is 6.07 Å². The van der Waals surface area contributed by atoms with E-state index >= 15 is 0 Å². The van der Waals surface area contributed by atoms with Gasteiger partial charge in [-0.25, -0.2) is 0 Å². The van der Waals surface area contributed by atoms with Crippen LogP contribution in [0.15, 0.2) is 34.9 Å². The van der Waals surface area contributed by atoms with Crippen LogP contribution in [0.3, 0.4) is 0 Å². The molecule has 0 aliphatic carbocycles. The van der Waals surface area contributed by atoms with Crippen LogP contribution in [0.4, 0.5) is 0 Å². The van der Waals surface area contributed by atoms with Gasteiger partial charge in [0, 0.05) is 30.8 Å². The fourth-order valence-electron chi connectivity index (χ4n) is 2.97. The molecule has 1 aromatic carbocycles. The lowest BCUT2D eigenvalue weighted by Gasteiger charge is -2.26. The van der Waals surface area contributed by atoms with Gasteiger partial charge < -0.3 is 14.7 Å². The fraction of sp³-hybridized carbons (Fsp3) is 0.444. The molecule has 1 N–H and O–H groups in total. The predicted molar refractivity (Wildman–Crippen MR) is 96.5 cm³/mol. The molecule has 0 saturated carbocycles. The molecule has 1 aromatic heterocycles. The molecule has 1 atom stereocenters. The standard InChI is InChI=1S/C18H23N3O2.ClH/c1-3-10-21(15-8-9-19-12-15)18(22)17-11-16(20-23-17)14-6-4-13(2)5-7-14;/h4-7,11,15,19H,3,8-10,12H2,1-2H3;1H. The molecule has 130 valence electrons. The van der Waals surface area contributed by atoms with E-state index in [0.717, 1.165) is 38.0 Å². The van der Waals surface area contributed by atoms with Gasteiger partial charge in [0.05, 0.1) is 0 Å². The van der Waals surface area contributed by atoms with E-state index in [1.807, 2.05) is 36.1 Å². The third-order valence-electron chi connectivity index (χ3n) is 4.27. The van der Waals surface area contributed by atoms with Crippen LogP contribution in [0, 0.1) is 6.92 Å². The lowest BCUT2D eigenvalue weighted by molar-refractivity contribution is 0.0650. The maximum atomic E-state index is 12.8. The smallest absolute Gasteiger partial charge is 0.292 e. The van der Waals surface area contributed by atoms with Gasteiger partial charge in [-0.05, 0) is 26.3 Å². The van der Waals surface area contributed by atoms with Crippen molar-refractivity contribution in [1.29, 1.82) is 0 Å². The van der Waals surface area contributed by atoms with Crippen molar-refractivity contribution in [3.63, 3.8) is 0 Å². The Morgan fingerprint density at radius 3 is 2.75 bits per heavy atom. The molecule has 2 heterocycles. The summed E-state index contributed by atoms with van der Waals surface area (Å²) in [4.78, 5) is 14.7. The van der Waals surface area contributed by atoms with Crippen molar-refractivity contribution in [3.8, 4) is 11.3 Å². The Morgan fingerprint density at radius 2 is 2.12 bits per heavy atom. The van der Waals surface area contributed by atoms with Crippen LogP contribution in [-0.4, -0.2) is 41.6 Å². The minimum Gasteiger partial charge on any atom is -0.350 e. The first-order valence-corrected chi connectivity index (χ1v) is 8.24. The van der Waals surface area contributed by atoms with Gasteiger partial charge in [0.25, 0.3) is 5.91 Å². The Hall–Kier alpha value is -1.85. The number of aromatic nitrogens is 1. The van der Waals surface area contributed by atoms with Gasteiger partial charge in [0.1, 0.15) is 5.69 Å². The largest absolute Gasteiger partial charge is 0.350 e. The topological polar surface area (TPSA) is 58.4 Å². The maximum Gasteiger partial charge on any atom is 0.292 e. The average molecular weight is 350 g/mol. The second-order valence-electron chi connectivity index (χ2n) is 6.09. The van der Waals surface area contributed by atoms with E-state index in [1.165, 1.54) is 5.56 Å². The van der Waals surface area contributed by atoms with Crippen molar-refractivity contribution in [2.75, 3.05) is 19.6 Å². The third-order valence-corrected chi connectivity index (χ3v) is 4.27. The zero-order valence-corrected chi connectivity index (χ0v) is 14.9. The van der Waals surface area contributed by atoms with Crippen molar-refractivity contribution in [2.45, 2.75) is 32.7 Å². The number of carbonyl (C=O) groups is 1. The first-order valence-electron chi connectivity index (χ1n) is 8.24. The lowest BCUT2D eigenvalue weighted by Crippen LogP contribution is -2.41. The summed E-state index contributed by atoms with van der Waals surface area (Å²) in [6.07, 6.45) is 1.92. The van der Waals surface area contributed by atoms with Gasteiger partial charge in [-0.1, -0.05) is 41.9 Å². The Morgan fingerprint density at radius 1 is 1.38 bits per heavy atom. The second-order valence-corrected chi connectivity index (χ2v) is 6.09. The van der Waals surface area contributed by atoms with Crippen molar-refractivity contribution in [3.05, 3.63) is 41.7 Å². The number of carbonyl (C=O) groups excluding carboxylic acids is 1. The normalized spacial score (nSPS) is 16.7. The van der Waals surface area contributed by atoms with Crippen molar-refractivity contribution >= 4 is 18.3 Å². The molecule has 0 bridgehead atoms. The predicted octanol–water partition coefficient (Wildman–Crippen LogP) is 3.29. The van der Waals surface area contributed by atoms with Gasteiger partial charge in [-0.15, -0.1) is 12.4 Å². The number of nitrogens with zero attached hydrogens (tertiary/aromatic N) is 2. The fourth-order valence-corrected chi connectivity index (χ4v) is 2.97. The van der Waals surface area contributed by atoms with E-state index in [4.69, 9.17) is 4.52 Å². The van der Waals surface area contributed by atoms with Crippen LogP contribution >= 0.6 is 12.4 Å². The highest BCUT2D eigenvalue weighted by Gasteiger charge is 2.29. The van der Waals surface area contributed by atoms with Crippen LogP contribution in [0.5, 0.6) is 0 Å². The Balaban J connectivity index is 0.00000208. The highest BCUT2D eigenvalue weighted by Crippen LogP contribution is 2.21. The second kappa shape index (κ2) is 8.31. The molecule has 0 radical (unpaired) electrons. The van der Waals surface area contributed by atoms with Crippen LogP contribution in [-0.2, 0) is 0 Å². The minimum atomic E-state index is -0.0635. The third kappa shape index (κ3) is 3.97. The zero-order chi connectivity index (χ0) is 16.2. The molecule has 6 heteroatoms. The molecule has 1 aliphatic rings. The Bertz CT molecular complexity index is 663. The number of halogens is 1. The maximum absolute atomic E-state index is 12.8. The van der Waals surface area contributed by atoms with E-state index in [0.29, 0.717) is 11.5 Å². The number of amides is 1. The van der Waals surface area contributed by atoms with E-state index in [9.17, 15) is 4.79 Å². The first-order chi connectivity index (χ1) is 11.2. The lowest BCUT2D eigenvalue weighted by atomic mass is 10.1. The molecule has 1 unspecified atom stereocenters. The molecular weight excluding hydrogens is 326 g/mol. The molecule has 1 amide bonds. The van der Waals surface area contributed by atoms with Crippen LogP contribution in [0.1, 0.15) is 35.9 Å². The van der Waals surface area contributed by atoms with Gasteiger partial charge >= 0.3 is 0 Å². The molecule has 0 spiro atoms. The van der Waals surface area contributed by atoms with Crippen molar-refractivity contribution in [2.24, 2.45) is 0 Å². The van der Waals surface area contributed by atoms with Crippen LogP contribution < -0.4 is 5.32 Å². The van der Waals surface area contributed by atoms with Crippen molar-refractivity contribution in [1.82, 2.24) is 15.4 Å². The van der Waals surface area contributed by atoms with Crippen LogP contribution in [0.2, 0.25) is 0 Å². The first kappa shape index (κ1) is 18.5. The highest BCUT2D eigenvalue weighted by atomic mass is 35.5. The SMILES string of the molecule is CCCN(C(=O)c1cc(-c2ccc(C)cc2)no1)C1CCNC1.Cl. The van der Waals surface area contributed by atoms with E-state index in [2.05, 4.69) is 17.4 Å². The molecule has 24 heavy (non-hydrogen) atoms. The van der Waals surface area contributed by atoms with Crippen LogP contribution in [0.25, 0.3) is 11.3 Å². The van der Waals surface area contributed by atoms with Gasteiger partial charge in [0.15, 0.2) is 0 Å². The summed E-state index contributed by atoms with van der Waals surface area (Å²) < 4.78 is 5.34. The monoisotopic (exact) mass is 349 g/mol. The zero-order valence-electron chi connectivity index (χ0n) is 14.1. The number of benzene rings is 1. The number of rotatable bonds is 5. The molecule has 1 fully saturated rings. The highest BCUT2D eigenvalue weighted by molar-refractivity contribution is 5.92. The molecule has 1 saturated heterocycles. The summed E-state index contributed by atoms with van der Waals surface area (Å²) in [5.74, 6) is 0.257. The number of hydrogen-bond acceptors (Lipinski definition) is 4. The van der Waals surface area contributed by atoms with E-state index in [-0.39, 0.29) is 24.4 Å². The van der Waals surface area contributed by atoms with Crippen molar-refractivity contribution < 1.29 is 9.32 Å². The molecule has 5 nitrogen and oxygen atoms in total. The summed E-state index contributed by atoms with van der Waals surface area (Å²) in [6, 6.07) is 10.0. The molecule has 1 aliphatic heterocycles. The minimum absolute atomic E-state index is 0. The summed E-state index contributed by atoms with van der Waals surface area (Å²) in [6.45, 7) is 6.68. The molecular formula is C18H24ClN3O2. The summed E-state index contributed by atoms with van der Waals surface area (Å²) in [5.41, 5.74) is 2.86. The Kier molecular flexibility index (Phi) is 6.40. The average Bonchev–Trinajstić information content (AvgIpc) is 3.24.